The van der Waals surface area contributed by atoms with Gasteiger partial charge in [-0.2, -0.15) is 0 Å². The molecule has 0 aliphatic carbocycles. The van der Waals surface area contributed by atoms with Gasteiger partial charge in [-0.25, -0.2) is 4.98 Å². The number of rotatable bonds is 7. The van der Waals surface area contributed by atoms with Gasteiger partial charge in [-0.05, 0) is 31.3 Å². The van der Waals surface area contributed by atoms with Crippen molar-refractivity contribution in [2.75, 3.05) is 13.1 Å². The van der Waals surface area contributed by atoms with Crippen molar-refractivity contribution in [3.63, 3.8) is 0 Å². The van der Waals surface area contributed by atoms with Crippen molar-refractivity contribution in [3.05, 3.63) is 29.0 Å². The Hall–Kier alpha value is -1.37. The number of hydrogen-bond acceptors (Lipinski definition) is 5. The van der Waals surface area contributed by atoms with Crippen LogP contribution in [0.3, 0.4) is 0 Å². The van der Waals surface area contributed by atoms with Gasteiger partial charge < -0.3 is 9.52 Å². The fourth-order valence-electron chi connectivity index (χ4n) is 2.01. The van der Waals surface area contributed by atoms with Crippen LogP contribution in [0.1, 0.15) is 24.8 Å². The Balaban J connectivity index is 0.00000220. The van der Waals surface area contributed by atoms with Crippen molar-refractivity contribution >= 4 is 29.7 Å². The van der Waals surface area contributed by atoms with Gasteiger partial charge in [-0.15, -0.1) is 23.7 Å². The van der Waals surface area contributed by atoms with E-state index in [4.69, 9.17) is 9.52 Å². The molecule has 7 heteroatoms. The zero-order valence-electron chi connectivity index (χ0n) is 12.0. The number of nitrogens with zero attached hydrogens (tertiary/aromatic N) is 2. The summed E-state index contributed by atoms with van der Waals surface area (Å²) >= 11 is 1.57. The summed E-state index contributed by atoms with van der Waals surface area (Å²) in [6.45, 7) is 5.15. The Kier molecular flexibility index (Phi) is 6.87. The summed E-state index contributed by atoms with van der Waals surface area (Å²) in [4.78, 5) is 18.2. The zero-order valence-corrected chi connectivity index (χ0v) is 13.7. The SMILES string of the molecule is CCCN(CC(=O)O)Cc1nc(-c2cccs2)oc1C.Cl. The van der Waals surface area contributed by atoms with Crippen molar-refractivity contribution in [2.45, 2.75) is 26.8 Å². The number of halogens is 1. The third-order valence-corrected chi connectivity index (χ3v) is 3.75. The van der Waals surface area contributed by atoms with E-state index in [1.165, 1.54) is 0 Å². The predicted octanol–water partition coefficient (Wildman–Crippen LogP) is 3.43. The van der Waals surface area contributed by atoms with Crippen LogP contribution in [0.4, 0.5) is 0 Å². The van der Waals surface area contributed by atoms with Gasteiger partial charge in [-0.3, -0.25) is 9.69 Å². The van der Waals surface area contributed by atoms with Crippen LogP contribution in [0, 0.1) is 6.92 Å². The van der Waals surface area contributed by atoms with Crippen LogP contribution >= 0.6 is 23.7 Å². The highest BCUT2D eigenvalue weighted by Gasteiger charge is 2.16. The molecule has 2 rings (SSSR count). The lowest BCUT2D eigenvalue weighted by molar-refractivity contribution is -0.138. The zero-order chi connectivity index (χ0) is 14.5. The van der Waals surface area contributed by atoms with E-state index < -0.39 is 5.97 Å². The Bertz CT molecular complexity index is 569. The number of hydrogen-bond donors (Lipinski definition) is 1. The molecule has 0 unspecified atom stereocenters. The summed E-state index contributed by atoms with van der Waals surface area (Å²) in [5.74, 6) is 0.539. The average Bonchev–Trinajstić information content (AvgIpc) is 2.99. The quantitative estimate of drug-likeness (QED) is 0.842. The number of carboxylic acids is 1. The number of thiophene rings is 1. The summed E-state index contributed by atoms with van der Waals surface area (Å²) in [5, 5.41) is 10.9. The second-order valence-electron chi connectivity index (χ2n) is 4.60. The molecule has 0 aromatic carbocycles. The molecule has 0 spiro atoms. The molecule has 116 valence electrons. The van der Waals surface area contributed by atoms with Crippen LogP contribution in [0.2, 0.25) is 0 Å². The lowest BCUT2D eigenvalue weighted by Gasteiger charge is -2.17. The lowest BCUT2D eigenvalue weighted by atomic mass is 10.3. The van der Waals surface area contributed by atoms with Gasteiger partial charge in [0.2, 0.25) is 5.89 Å². The molecule has 1 N–H and O–H groups in total. The first-order valence-electron chi connectivity index (χ1n) is 6.54. The molecule has 0 atom stereocenters. The fourth-order valence-corrected chi connectivity index (χ4v) is 2.66. The van der Waals surface area contributed by atoms with Gasteiger partial charge in [0.25, 0.3) is 0 Å². The van der Waals surface area contributed by atoms with E-state index in [2.05, 4.69) is 4.98 Å². The monoisotopic (exact) mass is 330 g/mol. The first-order chi connectivity index (χ1) is 9.60. The number of carboxylic acid groups (broad SMARTS) is 1. The second kappa shape index (κ2) is 8.17. The summed E-state index contributed by atoms with van der Waals surface area (Å²) < 4.78 is 5.67. The number of aryl methyl sites for hydroxylation is 1. The molecule has 0 aliphatic heterocycles. The molecule has 2 aromatic rings. The Labute approximate surface area is 134 Å². The fraction of sp³-hybridized carbons (Fsp3) is 0.429. The van der Waals surface area contributed by atoms with E-state index in [-0.39, 0.29) is 19.0 Å². The van der Waals surface area contributed by atoms with E-state index in [0.717, 1.165) is 29.3 Å². The largest absolute Gasteiger partial charge is 0.480 e. The van der Waals surface area contributed by atoms with Gasteiger partial charge in [-0.1, -0.05) is 13.0 Å². The summed E-state index contributed by atoms with van der Waals surface area (Å²) in [7, 11) is 0. The number of aliphatic carboxylic acids is 1. The molecule has 2 aromatic heterocycles. The highest BCUT2D eigenvalue weighted by Crippen LogP contribution is 2.26. The van der Waals surface area contributed by atoms with Crippen LogP contribution in [-0.2, 0) is 11.3 Å². The first-order valence-corrected chi connectivity index (χ1v) is 7.42. The molecule has 0 fully saturated rings. The van der Waals surface area contributed by atoms with E-state index in [0.29, 0.717) is 12.4 Å². The molecule has 0 aliphatic rings. The topological polar surface area (TPSA) is 66.6 Å². The second-order valence-corrected chi connectivity index (χ2v) is 5.55. The van der Waals surface area contributed by atoms with Gasteiger partial charge in [0, 0.05) is 6.54 Å². The maximum Gasteiger partial charge on any atom is 0.317 e. The maximum absolute atomic E-state index is 10.9. The first kappa shape index (κ1) is 17.7. The molecule has 0 radical (unpaired) electrons. The molecule has 0 saturated carbocycles. The summed E-state index contributed by atoms with van der Waals surface area (Å²) in [6.07, 6.45) is 0.905. The van der Waals surface area contributed by atoms with Gasteiger partial charge in [0.15, 0.2) is 0 Å². The lowest BCUT2D eigenvalue weighted by Crippen LogP contribution is -2.30. The van der Waals surface area contributed by atoms with E-state index in [9.17, 15) is 4.79 Å². The normalized spacial score (nSPS) is 10.6. The van der Waals surface area contributed by atoms with Gasteiger partial charge in [0.1, 0.15) is 5.76 Å². The molecule has 21 heavy (non-hydrogen) atoms. The van der Waals surface area contributed by atoms with E-state index >= 15 is 0 Å². The predicted molar refractivity (Wildman–Crippen MR) is 85.0 cm³/mol. The Morgan fingerprint density at radius 2 is 2.29 bits per heavy atom. The van der Waals surface area contributed by atoms with Gasteiger partial charge in [0.05, 0.1) is 17.1 Å². The third kappa shape index (κ3) is 4.84. The van der Waals surface area contributed by atoms with Crippen LogP contribution < -0.4 is 0 Å². The minimum Gasteiger partial charge on any atom is -0.480 e. The Morgan fingerprint density at radius 1 is 1.52 bits per heavy atom. The Morgan fingerprint density at radius 3 is 2.86 bits per heavy atom. The van der Waals surface area contributed by atoms with E-state index in [1.54, 1.807) is 11.3 Å². The van der Waals surface area contributed by atoms with Gasteiger partial charge >= 0.3 is 5.97 Å². The highest BCUT2D eigenvalue weighted by molar-refractivity contribution is 7.13. The molecule has 2 heterocycles. The molecule has 5 nitrogen and oxygen atoms in total. The maximum atomic E-state index is 10.9. The molecule has 0 saturated heterocycles. The minimum atomic E-state index is -0.821. The van der Waals surface area contributed by atoms with Crippen molar-refractivity contribution < 1.29 is 14.3 Å². The molecular formula is C14H19ClN2O3S. The van der Waals surface area contributed by atoms with E-state index in [1.807, 2.05) is 36.3 Å². The van der Waals surface area contributed by atoms with Crippen molar-refractivity contribution in [3.8, 4) is 10.8 Å². The summed E-state index contributed by atoms with van der Waals surface area (Å²) in [5.41, 5.74) is 0.808. The third-order valence-electron chi connectivity index (χ3n) is 2.90. The number of oxazole rings is 1. The smallest absolute Gasteiger partial charge is 0.317 e. The molecule has 0 amide bonds. The van der Waals surface area contributed by atoms with Crippen LogP contribution in [-0.4, -0.2) is 34.0 Å². The van der Waals surface area contributed by atoms with Crippen molar-refractivity contribution in [1.82, 2.24) is 9.88 Å². The standard InChI is InChI=1S/C14H18N2O3S.ClH/c1-3-6-16(9-13(17)18)8-11-10(2)19-14(15-11)12-5-4-7-20-12;/h4-5,7H,3,6,8-9H2,1-2H3,(H,17,18);1H. The van der Waals surface area contributed by atoms with Crippen molar-refractivity contribution in [1.29, 1.82) is 0 Å². The average molecular weight is 331 g/mol. The molecule has 0 bridgehead atoms. The minimum absolute atomic E-state index is 0. The van der Waals surface area contributed by atoms with Crippen molar-refractivity contribution in [2.24, 2.45) is 0 Å². The number of carbonyl (C=O) groups is 1. The highest BCUT2D eigenvalue weighted by atomic mass is 35.5. The van der Waals surface area contributed by atoms with Crippen LogP contribution in [0.15, 0.2) is 21.9 Å². The molecular weight excluding hydrogens is 312 g/mol. The van der Waals surface area contributed by atoms with Crippen LogP contribution in [0.25, 0.3) is 10.8 Å². The summed E-state index contributed by atoms with van der Waals surface area (Å²) in [6, 6.07) is 3.91. The van der Waals surface area contributed by atoms with Crippen LogP contribution in [0.5, 0.6) is 0 Å². The number of aromatic nitrogens is 1.